The van der Waals surface area contributed by atoms with Crippen LogP contribution in [0.5, 0.6) is 0 Å². The van der Waals surface area contributed by atoms with Crippen LogP contribution in [0, 0.1) is 5.92 Å². The Kier molecular flexibility index (Phi) is 6.34. The Morgan fingerprint density at radius 1 is 1.16 bits per heavy atom. The minimum atomic E-state index is -0.279. The van der Waals surface area contributed by atoms with Gasteiger partial charge in [-0.15, -0.1) is 0 Å². The molecule has 1 atom stereocenters. The van der Waals surface area contributed by atoms with Crippen molar-refractivity contribution in [2.45, 2.75) is 58.5 Å². The summed E-state index contributed by atoms with van der Waals surface area (Å²) in [6.07, 6.45) is 5.43. The van der Waals surface area contributed by atoms with Crippen molar-refractivity contribution < 1.29 is 14.0 Å². The van der Waals surface area contributed by atoms with Gasteiger partial charge < -0.3 is 15.1 Å². The molecule has 32 heavy (non-hydrogen) atoms. The Balaban J connectivity index is 1.47. The lowest BCUT2D eigenvalue weighted by Gasteiger charge is -2.12. The Hall–Kier alpha value is -3.49. The summed E-state index contributed by atoms with van der Waals surface area (Å²) >= 11 is 0. The maximum absolute atomic E-state index is 12.4. The lowest BCUT2D eigenvalue weighted by Crippen LogP contribution is -2.34. The maximum atomic E-state index is 12.4. The van der Waals surface area contributed by atoms with Crippen LogP contribution >= 0.6 is 0 Å². The molecule has 9 nitrogen and oxygen atoms in total. The van der Waals surface area contributed by atoms with Crippen LogP contribution in [0.25, 0.3) is 22.8 Å². The van der Waals surface area contributed by atoms with Gasteiger partial charge >= 0.3 is 0 Å². The van der Waals surface area contributed by atoms with Crippen molar-refractivity contribution >= 4 is 11.8 Å². The number of aromatic nitrogens is 4. The van der Waals surface area contributed by atoms with Crippen LogP contribution in [-0.4, -0.2) is 44.1 Å². The molecule has 0 aliphatic heterocycles. The van der Waals surface area contributed by atoms with E-state index in [0.29, 0.717) is 28.8 Å². The summed E-state index contributed by atoms with van der Waals surface area (Å²) in [5.74, 6) is 1.08. The normalized spacial score (nSPS) is 14.4. The molecule has 1 aliphatic carbocycles. The first-order valence-corrected chi connectivity index (χ1v) is 11.1. The van der Waals surface area contributed by atoms with Gasteiger partial charge in [-0.1, -0.05) is 26.0 Å². The number of carbonyl (C=O) groups is 2. The number of nitrogens with one attached hydrogen (secondary N) is 3. The smallest absolute Gasteiger partial charge is 0.288 e. The van der Waals surface area contributed by atoms with Gasteiger partial charge in [0, 0.05) is 23.2 Å². The molecule has 3 aromatic rings. The van der Waals surface area contributed by atoms with Crippen LogP contribution in [0.15, 0.2) is 34.9 Å². The molecule has 4 rings (SSSR count). The van der Waals surface area contributed by atoms with Crippen molar-refractivity contribution in [2.24, 2.45) is 5.92 Å². The fraction of sp³-hybridized carbons (Fsp3) is 0.435. The zero-order valence-corrected chi connectivity index (χ0v) is 18.5. The fourth-order valence-corrected chi connectivity index (χ4v) is 3.53. The van der Waals surface area contributed by atoms with E-state index in [1.165, 1.54) is 6.20 Å². The van der Waals surface area contributed by atoms with E-state index >= 15 is 0 Å². The van der Waals surface area contributed by atoms with Crippen molar-refractivity contribution in [2.75, 3.05) is 0 Å². The second kappa shape index (κ2) is 9.33. The summed E-state index contributed by atoms with van der Waals surface area (Å²) in [6.45, 7) is 6.06. The van der Waals surface area contributed by atoms with Gasteiger partial charge in [0.05, 0.1) is 6.20 Å². The summed E-state index contributed by atoms with van der Waals surface area (Å²) in [4.78, 5) is 33.4. The van der Waals surface area contributed by atoms with E-state index in [9.17, 15) is 9.59 Å². The zero-order valence-electron chi connectivity index (χ0n) is 18.5. The average Bonchev–Trinajstić information content (AvgIpc) is 3.33. The molecular formula is C23H28N6O3. The quantitative estimate of drug-likeness (QED) is 0.471. The number of H-pyrrole nitrogens is 1. The van der Waals surface area contributed by atoms with Crippen LogP contribution in [-0.2, 0) is 0 Å². The van der Waals surface area contributed by atoms with Gasteiger partial charge in [0.1, 0.15) is 0 Å². The molecule has 2 amide bonds. The molecule has 2 heterocycles. The van der Waals surface area contributed by atoms with Gasteiger partial charge in [-0.25, -0.2) is 9.97 Å². The number of hydrogen-bond donors (Lipinski definition) is 3. The minimum Gasteiger partial charge on any atom is -0.431 e. The van der Waals surface area contributed by atoms with E-state index in [-0.39, 0.29) is 35.5 Å². The molecule has 0 saturated heterocycles. The van der Waals surface area contributed by atoms with Crippen LogP contribution in [0.2, 0.25) is 0 Å². The minimum absolute atomic E-state index is 0.101. The second-order valence-electron chi connectivity index (χ2n) is 8.20. The Morgan fingerprint density at radius 3 is 2.62 bits per heavy atom. The first-order valence-electron chi connectivity index (χ1n) is 11.1. The van der Waals surface area contributed by atoms with E-state index in [1.807, 2.05) is 45.0 Å². The van der Waals surface area contributed by atoms with Gasteiger partial charge in [-0.05, 0) is 50.7 Å². The number of carbonyl (C=O) groups excluding carboxylic acids is 2. The fourth-order valence-electron chi connectivity index (χ4n) is 3.53. The van der Waals surface area contributed by atoms with Gasteiger partial charge in [0.2, 0.25) is 17.5 Å². The number of hydrogen-bond acceptors (Lipinski definition) is 6. The molecule has 1 aliphatic rings. The lowest BCUT2D eigenvalue weighted by molar-refractivity contribution is 0.0904. The van der Waals surface area contributed by atoms with Crippen LogP contribution < -0.4 is 10.6 Å². The third-order valence-electron chi connectivity index (χ3n) is 5.81. The highest BCUT2D eigenvalue weighted by Gasteiger charge is 2.29. The molecule has 0 spiro atoms. The zero-order chi connectivity index (χ0) is 22.7. The van der Waals surface area contributed by atoms with E-state index in [2.05, 4.69) is 30.8 Å². The molecule has 1 aromatic carbocycles. The van der Waals surface area contributed by atoms with E-state index in [1.54, 1.807) is 0 Å². The molecule has 2 aromatic heterocycles. The third kappa shape index (κ3) is 4.87. The van der Waals surface area contributed by atoms with Gasteiger partial charge in [0.25, 0.3) is 11.8 Å². The monoisotopic (exact) mass is 436 g/mol. The third-order valence-corrected chi connectivity index (χ3v) is 5.81. The number of oxazole rings is 1. The van der Waals surface area contributed by atoms with E-state index < -0.39 is 0 Å². The highest BCUT2D eigenvalue weighted by atomic mass is 16.4. The Morgan fingerprint density at radius 2 is 1.91 bits per heavy atom. The summed E-state index contributed by atoms with van der Waals surface area (Å²) in [6, 6.07) is 7.53. The topological polar surface area (TPSA) is 126 Å². The number of nitrogens with zero attached hydrogens (tertiary/aromatic N) is 3. The predicted octanol–water partition coefficient (Wildman–Crippen LogP) is 3.57. The number of aromatic amines is 1. The Labute approximate surface area is 186 Å². The largest absolute Gasteiger partial charge is 0.431 e. The van der Waals surface area contributed by atoms with E-state index in [4.69, 9.17) is 4.42 Å². The van der Waals surface area contributed by atoms with Crippen molar-refractivity contribution in [1.82, 2.24) is 30.8 Å². The molecule has 0 unspecified atom stereocenters. The van der Waals surface area contributed by atoms with Gasteiger partial charge in [-0.3, -0.25) is 14.7 Å². The lowest BCUT2D eigenvalue weighted by atomic mass is 10.1. The van der Waals surface area contributed by atoms with Gasteiger partial charge in [0.15, 0.2) is 5.82 Å². The molecule has 1 saturated carbocycles. The van der Waals surface area contributed by atoms with Crippen LogP contribution in [0.3, 0.4) is 0 Å². The Bertz CT molecular complexity index is 1030. The average molecular weight is 437 g/mol. The molecule has 0 bridgehead atoms. The molecule has 9 heteroatoms. The maximum Gasteiger partial charge on any atom is 0.288 e. The molecule has 168 valence electrons. The number of benzene rings is 1. The molecule has 1 fully saturated rings. The second-order valence-corrected chi connectivity index (χ2v) is 8.20. The summed E-state index contributed by atoms with van der Waals surface area (Å²) in [7, 11) is 0. The molecule has 0 radical (unpaired) electrons. The highest BCUT2D eigenvalue weighted by molar-refractivity contribution is 5.92. The van der Waals surface area contributed by atoms with Crippen LogP contribution in [0.4, 0.5) is 0 Å². The first kappa shape index (κ1) is 21.7. The van der Waals surface area contributed by atoms with Crippen molar-refractivity contribution in [1.29, 1.82) is 0 Å². The predicted molar refractivity (Wildman–Crippen MR) is 119 cm³/mol. The van der Waals surface area contributed by atoms with E-state index in [0.717, 1.165) is 25.7 Å². The van der Waals surface area contributed by atoms with Gasteiger partial charge in [-0.2, -0.15) is 5.10 Å². The van der Waals surface area contributed by atoms with Crippen molar-refractivity contribution in [3.63, 3.8) is 0 Å². The summed E-state index contributed by atoms with van der Waals surface area (Å²) in [5, 5.41) is 12.8. The molecular weight excluding hydrogens is 408 g/mol. The standard InChI is InChI=1S/C23H28N6O3/c1-4-17(5-2)26-21(30)18-12-24-23(32-18)16-8-6-7-15(11-16)19-27-20(29-28-19)22(31)25-13(3)14-9-10-14/h6-8,11-14,17H,4-5,9-10H2,1-3H3,(H,25,31)(H,26,30)(H,27,28,29)/t13-/m0/s1. The number of amides is 2. The van der Waals surface area contributed by atoms with Crippen molar-refractivity contribution in [3.8, 4) is 22.8 Å². The summed E-state index contributed by atoms with van der Waals surface area (Å²) in [5.41, 5.74) is 1.39. The highest BCUT2D eigenvalue weighted by Crippen LogP contribution is 2.32. The van der Waals surface area contributed by atoms with Crippen molar-refractivity contribution in [3.05, 3.63) is 42.0 Å². The first-order chi connectivity index (χ1) is 15.5. The van der Waals surface area contributed by atoms with Crippen LogP contribution in [0.1, 0.15) is 67.6 Å². The summed E-state index contributed by atoms with van der Waals surface area (Å²) < 4.78 is 5.69. The number of rotatable bonds is 9. The SMILES string of the molecule is CCC(CC)NC(=O)c1cnc(-c2cccc(-c3n[nH]c(C(=O)N[C@@H](C)C4CC4)n3)c2)o1. The molecule has 3 N–H and O–H groups in total.